The van der Waals surface area contributed by atoms with Gasteiger partial charge < -0.3 is 9.47 Å². The van der Waals surface area contributed by atoms with Gasteiger partial charge in [0, 0.05) is 5.02 Å². The van der Waals surface area contributed by atoms with Crippen molar-refractivity contribution in [3.63, 3.8) is 0 Å². The summed E-state index contributed by atoms with van der Waals surface area (Å²) in [7, 11) is 1.35. The molecule has 0 amide bonds. The second-order valence-electron chi connectivity index (χ2n) is 3.69. The molecule has 0 spiro atoms. The van der Waals surface area contributed by atoms with Crippen LogP contribution >= 0.6 is 34.2 Å². The Labute approximate surface area is 129 Å². The average Bonchev–Trinajstić information content (AvgIpc) is 2.43. The predicted octanol–water partition coefficient (Wildman–Crippen LogP) is 4.52. The molecule has 19 heavy (non-hydrogen) atoms. The zero-order chi connectivity index (χ0) is 13.8. The minimum atomic E-state index is -0.391. The quantitative estimate of drug-likeness (QED) is 0.573. The molecule has 0 aliphatic carbocycles. The fraction of sp³-hybridized carbons (Fsp3) is 0.0714. The van der Waals surface area contributed by atoms with E-state index in [1.54, 1.807) is 42.5 Å². The Bertz CT molecular complexity index is 596. The van der Waals surface area contributed by atoms with Crippen LogP contribution in [0.2, 0.25) is 5.02 Å². The minimum absolute atomic E-state index is 0.391. The van der Waals surface area contributed by atoms with Gasteiger partial charge in [-0.15, -0.1) is 0 Å². The highest BCUT2D eigenvalue weighted by Gasteiger charge is 2.10. The summed E-state index contributed by atoms with van der Waals surface area (Å²) in [5.74, 6) is 0.868. The lowest BCUT2D eigenvalue weighted by Crippen LogP contribution is -2.01. The molecule has 0 saturated carbocycles. The molecule has 3 nitrogen and oxygen atoms in total. The molecule has 0 fully saturated rings. The summed E-state index contributed by atoms with van der Waals surface area (Å²) < 4.78 is 11.3. The molecule has 0 saturated heterocycles. The Morgan fingerprint density at radius 1 is 1.16 bits per heavy atom. The first-order chi connectivity index (χ1) is 9.10. The van der Waals surface area contributed by atoms with Gasteiger partial charge in [-0.1, -0.05) is 11.6 Å². The van der Waals surface area contributed by atoms with Crippen molar-refractivity contribution in [3.05, 3.63) is 56.6 Å². The maximum atomic E-state index is 11.5. The van der Waals surface area contributed by atoms with Gasteiger partial charge in [-0.3, -0.25) is 0 Å². The van der Waals surface area contributed by atoms with Gasteiger partial charge in [-0.05, 0) is 65.1 Å². The number of carbonyl (C=O) groups excluding carboxylic acids is 1. The van der Waals surface area contributed by atoms with E-state index >= 15 is 0 Å². The van der Waals surface area contributed by atoms with Crippen LogP contribution in [0, 0.1) is 3.57 Å². The second kappa shape index (κ2) is 6.25. The maximum absolute atomic E-state index is 11.5. The topological polar surface area (TPSA) is 35.5 Å². The zero-order valence-corrected chi connectivity index (χ0v) is 12.9. The third-order valence-electron chi connectivity index (χ3n) is 2.39. The first kappa shape index (κ1) is 14.1. The smallest absolute Gasteiger partial charge is 0.337 e. The van der Waals surface area contributed by atoms with E-state index in [0.717, 1.165) is 3.57 Å². The van der Waals surface area contributed by atoms with Crippen molar-refractivity contribution >= 4 is 40.2 Å². The number of benzene rings is 2. The van der Waals surface area contributed by atoms with Crippen molar-refractivity contribution in [1.82, 2.24) is 0 Å². The average molecular weight is 389 g/mol. The summed E-state index contributed by atoms with van der Waals surface area (Å²) in [6, 6.07) is 12.2. The molecule has 2 aromatic rings. The Balaban J connectivity index is 2.28. The molecular weight excluding hydrogens is 379 g/mol. The number of rotatable bonds is 3. The molecule has 0 aromatic heterocycles. The number of hydrogen-bond donors (Lipinski definition) is 0. The van der Waals surface area contributed by atoms with E-state index in [1.807, 2.05) is 0 Å². The molecule has 0 unspecified atom stereocenters. The lowest BCUT2D eigenvalue weighted by molar-refractivity contribution is 0.0600. The van der Waals surface area contributed by atoms with Gasteiger partial charge in [0.15, 0.2) is 0 Å². The largest absolute Gasteiger partial charge is 0.465 e. The SMILES string of the molecule is COC(=O)c1ccc(I)c(Oc2ccc(Cl)cc2)c1. The van der Waals surface area contributed by atoms with Gasteiger partial charge in [0.1, 0.15) is 11.5 Å². The van der Waals surface area contributed by atoms with Crippen LogP contribution in [-0.4, -0.2) is 13.1 Å². The number of esters is 1. The Hall–Kier alpha value is -1.27. The molecule has 0 aliphatic rings. The van der Waals surface area contributed by atoms with E-state index in [4.69, 9.17) is 16.3 Å². The highest BCUT2D eigenvalue weighted by Crippen LogP contribution is 2.28. The number of halogens is 2. The van der Waals surface area contributed by atoms with Crippen LogP contribution in [0.5, 0.6) is 11.5 Å². The first-order valence-corrected chi connectivity index (χ1v) is 6.87. The second-order valence-corrected chi connectivity index (χ2v) is 5.29. The summed E-state index contributed by atoms with van der Waals surface area (Å²) in [4.78, 5) is 11.5. The molecule has 5 heteroatoms. The molecule has 98 valence electrons. The number of hydrogen-bond acceptors (Lipinski definition) is 3. The maximum Gasteiger partial charge on any atom is 0.337 e. The summed E-state index contributed by atoms with van der Waals surface area (Å²) >= 11 is 7.96. The summed E-state index contributed by atoms with van der Waals surface area (Å²) in [5.41, 5.74) is 0.451. The summed E-state index contributed by atoms with van der Waals surface area (Å²) in [6.45, 7) is 0. The number of carbonyl (C=O) groups is 1. The third-order valence-corrected chi connectivity index (χ3v) is 3.54. The molecule has 0 radical (unpaired) electrons. The standard InChI is InChI=1S/C14H10ClIO3/c1-18-14(17)9-2-7-12(16)13(8-9)19-11-5-3-10(15)4-6-11/h2-8H,1H3. The van der Waals surface area contributed by atoms with Gasteiger partial charge in [0.25, 0.3) is 0 Å². The van der Waals surface area contributed by atoms with E-state index in [1.165, 1.54) is 7.11 Å². The van der Waals surface area contributed by atoms with Crippen molar-refractivity contribution in [1.29, 1.82) is 0 Å². The van der Waals surface area contributed by atoms with Crippen LogP contribution in [-0.2, 0) is 4.74 Å². The summed E-state index contributed by atoms with van der Waals surface area (Å²) in [6.07, 6.45) is 0. The fourth-order valence-electron chi connectivity index (χ4n) is 1.46. The minimum Gasteiger partial charge on any atom is -0.465 e. The van der Waals surface area contributed by atoms with Crippen LogP contribution in [0.3, 0.4) is 0 Å². The summed E-state index contributed by atoms with van der Waals surface area (Å²) in [5, 5.41) is 0.644. The highest BCUT2D eigenvalue weighted by molar-refractivity contribution is 14.1. The van der Waals surface area contributed by atoms with Crippen LogP contribution < -0.4 is 4.74 Å². The Morgan fingerprint density at radius 2 is 1.84 bits per heavy atom. The van der Waals surface area contributed by atoms with Crippen molar-refractivity contribution in [2.45, 2.75) is 0 Å². The van der Waals surface area contributed by atoms with Crippen LogP contribution in [0.15, 0.2) is 42.5 Å². The molecule has 0 atom stereocenters. The van der Waals surface area contributed by atoms with E-state index in [9.17, 15) is 4.79 Å². The molecule has 0 heterocycles. The van der Waals surface area contributed by atoms with Crippen molar-refractivity contribution < 1.29 is 14.3 Å². The first-order valence-electron chi connectivity index (χ1n) is 5.41. The van der Waals surface area contributed by atoms with Gasteiger partial charge in [0.2, 0.25) is 0 Å². The monoisotopic (exact) mass is 388 g/mol. The molecule has 0 aliphatic heterocycles. The highest BCUT2D eigenvalue weighted by atomic mass is 127. The molecule has 2 rings (SSSR count). The fourth-order valence-corrected chi connectivity index (χ4v) is 2.03. The molecule has 0 N–H and O–H groups in total. The van der Waals surface area contributed by atoms with Crippen molar-refractivity contribution in [3.8, 4) is 11.5 Å². The molecule has 2 aromatic carbocycles. The van der Waals surface area contributed by atoms with Gasteiger partial charge in [0.05, 0.1) is 16.2 Å². The van der Waals surface area contributed by atoms with Crippen LogP contribution in [0.1, 0.15) is 10.4 Å². The third kappa shape index (κ3) is 3.61. The Kier molecular flexibility index (Phi) is 4.66. The van der Waals surface area contributed by atoms with E-state index < -0.39 is 5.97 Å². The normalized spacial score (nSPS) is 10.1. The van der Waals surface area contributed by atoms with Gasteiger partial charge in [-0.25, -0.2) is 4.79 Å². The van der Waals surface area contributed by atoms with E-state index in [0.29, 0.717) is 22.1 Å². The van der Waals surface area contributed by atoms with Gasteiger partial charge >= 0.3 is 5.97 Å². The van der Waals surface area contributed by atoms with E-state index in [2.05, 4.69) is 27.3 Å². The number of methoxy groups -OCH3 is 1. The predicted molar refractivity (Wildman–Crippen MR) is 82.0 cm³/mol. The number of ether oxygens (including phenoxy) is 2. The van der Waals surface area contributed by atoms with Crippen molar-refractivity contribution in [2.24, 2.45) is 0 Å². The molecular formula is C14H10ClIO3. The zero-order valence-electron chi connectivity index (χ0n) is 10.0. The lowest BCUT2D eigenvalue weighted by atomic mass is 10.2. The van der Waals surface area contributed by atoms with E-state index in [-0.39, 0.29) is 0 Å². The molecule has 0 bridgehead atoms. The van der Waals surface area contributed by atoms with Crippen LogP contribution in [0.4, 0.5) is 0 Å². The van der Waals surface area contributed by atoms with Gasteiger partial charge in [-0.2, -0.15) is 0 Å². The lowest BCUT2D eigenvalue weighted by Gasteiger charge is -2.09. The van der Waals surface area contributed by atoms with Crippen LogP contribution in [0.25, 0.3) is 0 Å². The van der Waals surface area contributed by atoms with Crippen molar-refractivity contribution in [2.75, 3.05) is 7.11 Å². The Morgan fingerprint density at radius 3 is 2.47 bits per heavy atom.